The van der Waals surface area contributed by atoms with Crippen LogP contribution in [0.15, 0.2) is 18.2 Å². The molecular weight excluding hydrogens is 314 g/mol. The molecule has 2 aromatic rings. The number of imidazole rings is 1. The maximum atomic E-state index is 12.1. The Kier molecular flexibility index (Phi) is 4.68. The van der Waals surface area contributed by atoms with Gasteiger partial charge in [0.05, 0.1) is 23.0 Å². The summed E-state index contributed by atoms with van der Waals surface area (Å²) >= 11 is 5.95. The lowest BCUT2D eigenvalue weighted by molar-refractivity contribution is 0.176. The number of hydrogen-bond acceptors (Lipinski definition) is 3. The summed E-state index contributed by atoms with van der Waals surface area (Å²) in [6.07, 6.45) is 2.38. The van der Waals surface area contributed by atoms with E-state index in [2.05, 4.69) is 21.4 Å². The summed E-state index contributed by atoms with van der Waals surface area (Å²) in [4.78, 5) is 21.5. The van der Waals surface area contributed by atoms with E-state index in [4.69, 9.17) is 16.9 Å². The number of hydrogen-bond donors (Lipinski definition) is 2. The molecule has 2 N–H and O–H groups in total. The number of likely N-dealkylation sites (tertiary alicyclic amines) is 1. The number of piperidine rings is 1. The number of carbonyl (C=O) groups excluding carboxylic acids is 1. The standard InChI is InChI=1S/C16H18ClN5O/c17-12-3-4-13-14(8-12)21-15(20-13)5-6-19-16(23)22-7-1-2-11(9-18)10-22/h3-4,8,11H,1-2,5-7,10H2,(H,19,23)(H,20,21)/t11-/m1/s1. The number of urea groups is 1. The molecule has 23 heavy (non-hydrogen) atoms. The van der Waals surface area contributed by atoms with Crippen molar-refractivity contribution in [3.8, 4) is 6.07 Å². The van der Waals surface area contributed by atoms with Gasteiger partial charge in [0.2, 0.25) is 0 Å². The van der Waals surface area contributed by atoms with Crippen LogP contribution in [0.4, 0.5) is 4.79 Å². The Labute approximate surface area is 139 Å². The zero-order valence-corrected chi connectivity index (χ0v) is 13.4. The third-order valence-corrected chi connectivity index (χ3v) is 4.26. The minimum Gasteiger partial charge on any atom is -0.342 e. The molecule has 120 valence electrons. The largest absolute Gasteiger partial charge is 0.342 e. The van der Waals surface area contributed by atoms with Crippen LogP contribution in [0.3, 0.4) is 0 Å². The molecule has 0 radical (unpaired) electrons. The molecule has 1 saturated heterocycles. The van der Waals surface area contributed by atoms with Crippen molar-refractivity contribution in [3.63, 3.8) is 0 Å². The van der Waals surface area contributed by atoms with E-state index in [1.54, 1.807) is 11.0 Å². The van der Waals surface area contributed by atoms with Crippen molar-refractivity contribution in [2.75, 3.05) is 19.6 Å². The summed E-state index contributed by atoms with van der Waals surface area (Å²) < 4.78 is 0. The smallest absolute Gasteiger partial charge is 0.317 e. The van der Waals surface area contributed by atoms with E-state index >= 15 is 0 Å². The van der Waals surface area contributed by atoms with Crippen molar-refractivity contribution >= 4 is 28.7 Å². The zero-order valence-electron chi connectivity index (χ0n) is 12.7. The minimum atomic E-state index is -0.107. The SMILES string of the molecule is N#C[C@H]1CCCN(C(=O)NCCc2nc3ccc(Cl)cc3[nH]2)C1. The van der Waals surface area contributed by atoms with Gasteiger partial charge in [0, 0.05) is 31.1 Å². The van der Waals surface area contributed by atoms with Crippen LogP contribution < -0.4 is 5.32 Å². The molecule has 0 saturated carbocycles. The van der Waals surface area contributed by atoms with Gasteiger partial charge in [-0.3, -0.25) is 0 Å². The maximum absolute atomic E-state index is 12.1. The molecule has 1 atom stereocenters. The molecule has 1 aromatic carbocycles. The van der Waals surface area contributed by atoms with Crippen molar-refractivity contribution < 1.29 is 4.79 Å². The lowest BCUT2D eigenvalue weighted by Crippen LogP contribution is -2.45. The minimum absolute atomic E-state index is 0.0466. The average Bonchev–Trinajstić information content (AvgIpc) is 2.96. The van der Waals surface area contributed by atoms with E-state index in [1.807, 2.05) is 12.1 Å². The van der Waals surface area contributed by atoms with Crippen LogP contribution in [-0.2, 0) is 6.42 Å². The first-order valence-corrected chi connectivity index (χ1v) is 8.10. The van der Waals surface area contributed by atoms with Gasteiger partial charge >= 0.3 is 6.03 Å². The van der Waals surface area contributed by atoms with Gasteiger partial charge in [-0.05, 0) is 31.0 Å². The quantitative estimate of drug-likeness (QED) is 0.906. The number of halogens is 1. The van der Waals surface area contributed by atoms with Crippen LogP contribution in [0.1, 0.15) is 18.7 Å². The molecule has 0 spiro atoms. The highest BCUT2D eigenvalue weighted by Crippen LogP contribution is 2.17. The number of nitriles is 1. The van der Waals surface area contributed by atoms with E-state index in [9.17, 15) is 4.79 Å². The summed E-state index contributed by atoms with van der Waals surface area (Å²) in [7, 11) is 0. The summed E-state index contributed by atoms with van der Waals surface area (Å²) in [6.45, 7) is 1.73. The van der Waals surface area contributed by atoms with Crippen LogP contribution in [0.25, 0.3) is 11.0 Å². The summed E-state index contributed by atoms with van der Waals surface area (Å²) in [5, 5.41) is 12.5. The Hall–Kier alpha value is -2.26. The van der Waals surface area contributed by atoms with Crippen molar-refractivity contribution in [2.24, 2.45) is 5.92 Å². The van der Waals surface area contributed by atoms with Gasteiger partial charge in [0.15, 0.2) is 0 Å². The Morgan fingerprint density at radius 3 is 3.26 bits per heavy atom. The number of nitrogens with zero attached hydrogens (tertiary/aromatic N) is 3. The number of rotatable bonds is 3. The highest BCUT2D eigenvalue weighted by atomic mass is 35.5. The van der Waals surface area contributed by atoms with Crippen molar-refractivity contribution in [3.05, 3.63) is 29.0 Å². The monoisotopic (exact) mass is 331 g/mol. The average molecular weight is 332 g/mol. The van der Waals surface area contributed by atoms with Gasteiger partial charge in [0.25, 0.3) is 0 Å². The topological polar surface area (TPSA) is 84.8 Å². The van der Waals surface area contributed by atoms with Gasteiger partial charge in [0.1, 0.15) is 5.82 Å². The molecule has 2 amide bonds. The third-order valence-electron chi connectivity index (χ3n) is 4.02. The van der Waals surface area contributed by atoms with Crippen molar-refractivity contribution in [2.45, 2.75) is 19.3 Å². The van der Waals surface area contributed by atoms with E-state index in [1.165, 1.54) is 0 Å². The van der Waals surface area contributed by atoms with Crippen LogP contribution in [0.5, 0.6) is 0 Å². The number of aromatic nitrogens is 2. The predicted octanol–water partition coefficient (Wildman–Crippen LogP) is 2.70. The van der Waals surface area contributed by atoms with Crippen molar-refractivity contribution in [1.29, 1.82) is 5.26 Å². The molecule has 1 aromatic heterocycles. The van der Waals surface area contributed by atoms with E-state index < -0.39 is 0 Å². The lowest BCUT2D eigenvalue weighted by atomic mass is 10.0. The molecule has 3 rings (SSSR count). The maximum Gasteiger partial charge on any atom is 0.317 e. The lowest BCUT2D eigenvalue weighted by Gasteiger charge is -2.29. The highest BCUT2D eigenvalue weighted by Gasteiger charge is 2.23. The first-order chi connectivity index (χ1) is 11.2. The fraction of sp³-hybridized carbons (Fsp3) is 0.438. The molecule has 0 bridgehead atoms. The van der Waals surface area contributed by atoms with Crippen LogP contribution in [-0.4, -0.2) is 40.5 Å². The normalized spacial score (nSPS) is 17.9. The summed E-state index contributed by atoms with van der Waals surface area (Å²) in [5.74, 6) is 0.769. The van der Waals surface area contributed by atoms with E-state index in [-0.39, 0.29) is 11.9 Å². The second-order valence-electron chi connectivity index (χ2n) is 5.74. The molecule has 0 aliphatic carbocycles. The Morgan fingerprint density at radius 1 is 1.57 bits per heavy atom. The Morgan fingerprint density at radius 2 is 2.43 bits per heavy atom. The van der Waals surface area contributed by atoms with E-state index in [0.29, 0.717) is 31.1 Å². The number of benzene rings is 1. The summed E-state index contributed by atoms with van der Waals surface area (Å²) in [5.41, 5.74) is 1.76. The predicted molar refractivity (Wildman–Crippen MR) is 88.1 cm³/mol. The third kappa shape index (κ3) is 3.74. The molecular formula is C16H18ClN5O. The van der Waals surface area contributed by atoms with Gasteiger partial charge in [-0.1, -0.05) is 11.6 Å². The molecule has 2 heterocycles. The van der Waals surface area contributed by atoms with Crippen LogP contribution >= 0.6 is 11.6 Å². The fourth-order valence-corrected chi connectivity index (χ4v) is 2.99. The fourth-order valence-electron chi connectivity index (χ4n) is 2.82. The van der Waals surface area contributed by atoms with Crippen LogP contribution in [0.2, 0.25) is 5.02 Å². The molecule has 1 aliphatic heterocycles. The molecule has 7 heteroatoms. The van der Waals surface area contributed by atoms with Gasteiger partial charge in [-0.2, -0.15) is 5.26 Å². The van der Waals surface area contributed by atoms with Gasteiger partial charge in [-0.25, -0.2) is 9.78 Å². The highest BCUT2D eigenvalue weighted by molar-refractivity contribution is 6.31. The number of carbonyl (C=O) groups is 1. The molecule has 1 fully saturated rings. The first-order valence-electron chi connectivity index (χ1n) is 7.72. The first kappa shape index (κ1) is 15.6. The number of H-pyrrole nitrogens is 1. The number of aromatic amines is 1. The number of fused-ring (bicyclic) bond motifs is 1. The Bertz CT molecular complexity index is 750. The summed E-state index contributed by atoms with van der Waals surface area (Å²) in [6, 6.07) is 7.64. The molecule has 0 unspecified atom stereocenters. The van der Waals surface area contributed by atoms with Crippen LogP contribution in [0, 0.1) is 17.2 Å². The van der Waals surface area contributed by atoms with E-state index in [0.717, 1.165) is 29.7 Å². The zero-order chi connectivity index (χ0) is 16.2. The number of nitrogens with one attached hydrogen (secondary N) is 2. The van der Waals surface area contributed by atoms with Gasteiger partial charge in [-0.15, -0.1) is 0 Å². The Balaban J connectivity index is 1.52. The molecule has 1 aliphatic rings. The van der Waals surface area contributed by atoms with Gasteiger partial charge < -0.3 is 15.2 Å². The molecule has 6 nitrogen and oxygen atoms in total. The second-order valence-corrected chi connectivity index (χ2v) is 6.18. The van der Waals surface area contributed by atoms with Crippen molar-refractivity contribution in [1.82, 2.24) is 20.2 Å². The second kappa shape index (κ2) is 6.88. The number of amides is 2.